The van der Waals surface area contributed by atoms with Crippen LogP contribution in [0.3, 0.4) is 0 Å². The van der Waals surface area contributed by atoms with Crippen LogP contribution in [0.15, 0.2) is 51.6 Å². The molecule has 1 aromatic carbocycles. The quantitative estimate of drug-likeness (QED) is 0.731. The zero-order valence-corrected chi connectivity index (χ0v) is 14.2. The predicted molar refractivity (Wildman–Crippen MR) is 92.6 cm³/mol. The average Bonchev–Trinajstić information content (AvgIpc) is 3.22. The summed E-state index contributed by atoms with van der Waals surface area (Å²) in [6.45, 7) is 3.63. The highest BCUT2D eigenvalue weighted by molar-refractivity contribution is 7.99. The van der Waals surface area contributed by atoms with Crippen LogP contribution >= 0.6 is 11.8 Å². The SMILES string of the molecule is Cc1cc(NC(=O)[C@H](C)SCc2coc(-c3ccccc3)n2)on1. The summed E-state index contributed by atoms with van der Waals surface area (Å²) in [5.74, 6) is 1.39. The van der Waals surface area contributed by atoms with Crippen molar-refractivity contribution in [1.82, 2.24) is 10.1 Å². The van der Waals surface area contributed by atoms with E-state index in [1.807, 2.05) is 37.3 Å². The van der Waals surface area contributed by atoms with Gasteiger partial charge >= 0.3 is 0 Å². The molecule has 0 spiro atoms. The van der Waals surface area contributed by atoms with E-state index in [4.69, 9.17) is 8.94 Å². The van der Waals surface area contributed by atoms with Crippen LogP contribution in [0.2, 0.25) is 0 Å². The lowest BCUT2D eigenvalue weighted by atomic mass is 10.2. The minimum Gasteiger partial charge on any atom is -0.444 e. The van der Waals surface area contributed by atoms with Gasteiger partial charge < -0.3 is 8.94 Å². The standard InChI is InChI=1S/C17H17N3O3S/c1-11-8-15(23-20-11)19-16(21)12(2)24-10-14-9-22-17(18-14)13-6-4-3-5-7-13/h3-9,12H,10H2,1-2H3,(H,19,21)/t12-/m0/s1. The van der Waals surface area contributed by atoms with Crippen LogP contribution in [0.4, 0.5) is 5.88 Å². The van der Waals surface area contributed by atoms with Crippen molar-refractivity contribution in [3.63, 3.8) is 0 Å². The first-order chi connectivity index (χ1) is 11.6. The van der Waals surface area contributed by atoms with E-state index >= 15 is 0 Å². The van der Waals surface area contributed by atoms with Gasteiger partial charge in [-0.25, -0.2) is 4.98 Å². The molecule has 0 aliphatic rings. The van der Waals surface area contributed by atoms with Gasteiger partial charge in [0.25, 0.3) is 0 Å². The Bertz CT molecular complexity index is 813. The summed E-state index contributed by atoms with van der Waals surface area (Å²) in [5, 5.41) is 6.18. The number of anilines is 1. The van der Waals surface area contributed by atoms with Crippen molar-refractivity contribution in [2.45, 2.75) is 24.9 Å². The number of aromatic nitrogens is 2. The second-order valence-corrected chi connectivity index (χ2v) is 6.61. The van der Waals surface area contributed by atoms with Crippen molar-refractivity contribution in [1.29, 1.82) is 0 Å². The molecule has 0 saturated carbocycles. The van der Waals surface area contributed by atoms with Crippen molar-refractivity contribution in [2.75, 3.05) is 5.32 Å². The largest absolute Gasteiger partial charge is 0.444 e. The van der Waals surface area contributed by atoms with E-state index in [2.05, 4.69) is 15.5 Å². The lowest BCUT2D eigenvalue weighted by Crippen LogP contribution is -2.22. The van der Waals surface area contributed by atoms with Crippen LogP contribution in [-0.4, -0.2) is 21.3 Å². The third-order valence-corrected chi connectivity index (χ3v) is 4.47. The zero-order valence-electron chi connectivity index (χ0n) is 13.4. The number of hydrogen-bond donors (Lipinski definition) is 1. The summed E-state index contributed by atoms with van der Waals surface area (Å²) >= 11 is 1.48. The van der Waals surface area contributed by atoms with Gasteiger partial charge in [0.1, 0.15) is 6.26 Å². The second-order valence-electron chi connectivity index (χ2n) is 5.29. The molecule has 124 valence electrons. The number of oxazole rings is 1. The molecule has 0 fully saturated rings. The van der Waals surface area contributed by atoms with Gasteiger partial charge in [-0.2, -0.15) is 0 Å². The minimum atomic E-state index is -0.257. The Balaban J connectivity index is 1.53. The Kier molecular flexibility index (Phi) is 5.00. The molecule has 3 rings (SSSR count). The monoisotopic (exact) mass is 343 g/mol. The number of aryl methyl sites for hydroxylation is 1. The van der Waals surface area contributed by atoms with Gasteiger partial charge in [0.05, 0.1) is 16.6 Å². The van der Waals surface area contributed by atoms with Crippen LogP contribution < -0.4 is 5.32 Å². The molecule has 1 amide bonds. The number of carbonyl (C=O) groups excluding carboxylic acids is 1. The summed E-state index contributed by atoms with van der Waals surface area (Å²) in [6, 6.07) is 11.4. The molecule has 0 unspecified atom stereocenters. The van der Waals surface area contributed by atoms with E-state index < -0.39 is 0 Å². The summed E-state index contributed by atoms with van der Waals surface area (Å²) < 4.78 is 10.5. The van der Waals surface area contributed by atoms with Crippen molar-refractivity contribution in [2.24, 2.45) is 0 Å². The van der Waals surface area contributed by atoms with Crippen molar-refractivity contribution in [3.05, 3.63) is 54.0 Å². The summed E-state index contributed by atoms with van der Waals surface area (Å²) in [7, 11) is 0. The second kappa shape index (κ2) is 7.35. The first-order valence-corrected chi connectivity index (χ1v) is 8.52. The molecule has 24 heavy (non-hydrogen) atoms. The molecule has 1 atom stereocenters. The van der Waals surface area contributed by atoms with E-state index in [1.54, 1.807) is 19.3 Å². The third-order valence-electron chi connectivity index (χ3n) is 3.30. The van der Waals surface area contributed by atoms with Crippen LogP contribution in [0.25, 0.3) is 11.5 Å². The average molecular weight is 343 g/mol. The van der Waals surface area contributed by atoms with Crippen LogP contribution in [-0.2, 0) is 10.5 Å². The highest BCUT2D eigenvalue weighted by atomic mass is 32.2. The molecular formula is C17H17N3O3S. The molecule has 0 saturated heterocycles. The van der Waals surface area contributed by atoms with Gasteiger partial charge in [-0.3, -0.25) is 10.1 Å². The number of hydrogen-bond acceptors (Lipinski definition) is 6. The van der Waals surface area contributed by atoms with Gasteiger partial charge in [-0.15, -0.1) is 11.8 Å². The summed E-state index contributed by atoms with van der Waals surface area (Å²) in [4.78, 5) is 16.6. The number of nitrogens with one attached hydrogen (secondary N) is 1. The molecular weight excluding hydrogens is 326 g/mol. The number of benzene rings is 1. The van der Waals surface area contributed by atoms with Gasteiger partial charge in [-0.1, -0.05) is 23.4 Å². The number of rotatable bonds is 6. The normalized spacial score (nSPS) is 12.1. The fourth-order valence-corrected chi connectivity index (χ4v) is 2.78. The Hall–Kier alpha value is -2.54. The number of carbonyl (C=O) groups is 1. The molecule has 0 aliphatic carbocycles. The molecule has 2 aromatic heterocycles. The molecule has 2 heterocycles. The summed E-state index contributed by atoms with van der Waals surface area (Å²) in [6.07, 6.45) is 1.62. The molecule has 1 N–H and O–H groups in total. The number of amides is 1. The lowest BCUT2D eigenvalue weighted by molar-refractivity contribution is -0.115. The maximum Gasteiger partial charge on any atom is 0.239 e. The van der Waals surface area contributed by atoms with Crippen molar-refractivity contribution in [3.8, 4) is 11.5 Å². The Morgan fingerprint density at radius 3 is 2.83 bits per heavy atom. The van der Waals surface area contributed by atoms with Gasteiger partial charge in [0.2, 0.25) is 17.7 Å². The van der Waals surface area contributed by atoms with Crippen LogP contribution in [0, 0.1) is 6.92 Å². The fraction of sp³-hybridized carbons (Fsp3) is 0.235. The Morgan fingerprint density at radius 1 is 1.33 bits per heavy atom. The minimum absolute atomic E-state index is 0.136. The van der Waals surface area contributed by atoms with E-state index in [0.29, 0.717) is 17.5 Å². The topological polar surface area (TPSA) is 81.2 Å². The maximum atomic E-state index is 12.1. The van der Waals surface area contributed by atoms with E-state index in [-0.39, 0.29) is 11.2 Å². The third kappa shape index (κ3) is 4.05. The highest BCUT2D eigenvalue weighted by Gasteiger charge is 2.16. The van der Waals surface area contributed by atoms with Crippen molar-refractivity contribution >= 4 is 23.6 Å². The highest BCUT2D eigenvalue weighted by Crippen LogP contribution is 2.23. The first kappa shape index (κ1) is 16.3. The predicted octanol–water partition coefficient (Wildman–Crippen LogP) is 3.90. The lowest BCUT2D eigenvalue weighted by Gasteiger charge is -2.08. The van der Waals surface area contributed by atoms with Gasteiger partial charge in [0.15, 0.2) is 0 Å². The van der Waals surface area contributed by atoms with Gasteiger partial charge in [-0.05, 0) is 26.0 Å². The molecule has 0 aliphatic heterocycles. The number of thioether (sulfide) groups is 1. The van der Waals surface area contributed by atoms with Gasteiger partial charge in [0, 0.05) is 17.4 Å². The molecule has 0 radical (unpaired) electrons. The Labute approximate surface area is 143 Å². The summed E-state index contributed by atoms with van der Waals surface area (Å²) in [5.41, 5.74) is 2.45. The maximum absolute atomic E-state index is 12.1. The molecule has 3 aromatic rings. The van der Waals surface area contributed by atoms with E-state index in [0.717, 1.165) is 17.0 Å². The first-order valence-electron chi connectivity index (χ1n) is 7.47. The molecule has 7 heteroatoms. The molecule has 6 nitrogen and oxygen atoms in total. The van der Waals surface area contributed by atoms with Crippen LogP contribution in [0.1, 0.15) is 18.3 Å². The van der Waals surface area contributed by atoms with E-state index in [9.17, 15) is 4.79 Å². The number of nitrogens with zero attached hydrogens (tertiary/aromatic N) is 2. The zero-order chi connectivity index (χ0) is 16.9. The van der Waals surface area contributed by atoms with Crippen molar-refractivity contribution < 1.29 is 13.7 Å². The van der Waals surface area contributed by atoms with E-state index in [1.165, 1.54) is 11.8 Å². The Morgan fingerprint density at radius 2 is 2.12 bits per heavy atom. The smallest absolute Gasteiger partial charge is 0.239 e. The molecule has 0 bridgehead atoms. The van der Waals surface area contributed by atoms with Crippen LogP contribution in [0.5, 0.6) is 0 Å². The fourth-order valence-electron chi connectivity index (χ4n) is 2.02.